The molecule has 0 saturated carbocycles. The first kappa shape index (κ1) is 20.4. The standard InChI is InChI=1S/C21H29N3O4/c1-21(2,3)28-20(25)24-8-6-23(7-9-24)14-19-17-12-18(26-4)16(13-22)11-15(17)5-10-27-19/h11-12,19H,5-10,14H2,1-4H3. The molecule has 1 aromatic carbocycles. The molecule has 152 valence electrons. The zero-order valence-electron chi connectivity index (χ0n) is 17.2. The minimum absolute atomic E-state index is 0.0570. The average molecular weight is 387 g/mol. The number of benzene rings is 1. The Morgan fingerprint density at radius 3 is 2.61 bits per heavy atom. The number of hydrogen-bond acceptors (Lipinski definition) is 6. The second-order valence-corrected chi connectivity index (χ2v) is 8.24. The first-order chi connectivity index (χ1) is 13.3. The Balaban J connectivity index is 1.62. The number of nitrogens with zero attached hydrogens (tertiary/aromatic N) is 3. The smallest absolute Gasteiger partial charge is 0.410 e. The molecule has 0 N–H and O–H groups in total. The van der Waals surface area contributed by atoms with Gasteiger partial charge in [-0.25, -0.2) is 4.79 Å². The van der Waals surface area contributed by atoms with E-state index in [0.717, 1.165) is 37.2 Å². The molecule has 0 spiro atoms. The molecule has 2 aliphatic heterocycles. The Bertz CT molecular complexity index is 758. The van der Waals surface area contributed by atoms with E-state index in [9.17, 15) is 10.1 Å². The van der Waals surface area contributed by atoms with Gasteiger partial charge in [-0.1, -0.05) is 0 Å². The van der Waals surface area contributed by atoms with Crippen LogP contribution in [0.4, 0.5) is 4.79 Å². The van der Waals surface area contributed by atoms with Crippen molar-refractivity contribution in [1.82, 2.24) is 9.80 Å². The lowest BCUT2D eigenvalue weighted by atomic mass is 9.94. The number of hydrogen-bond donors (Lipinski definition) is 0. The SMILES string of the molecule is COc1cc2c(cc1C#N)CCOC2CN1CCN(C(=O)OC(C)(C)C)CC1. The molecule has 1 aromatic rings. The highest BCUT2D eigenvalue weighted by Gasteiger charge is 2.29. The van der Waals surface area contributed by atoms with Gasteiger partial charge in [-0.15, -0.1) is 0 Å². The van der Waals surface area contributed by atoms with Crippen molar-refractivity contribution in [3.05, 3.63) is 28.8 Å². The molecule has 0 bridgehead atoms. The molecular weight excluding hydrogens is 358 g/mol. The minimum Gasteiger partial charge on any atom is -0.495 e. The van der Waals surface area contributed by atoms with Gasteiger partial charge in [0, 0.05) is 32.7 Å². The van der Waals surface area contributed by atoms with Crippen molar-refractivity contribution in [1.29, 1.82) is 5.26 Å². The zero-order chi connectivity index (χ0) is 20.3. The number of ether oxygens (including phenoxy) is 3. The molecule has 1 unspecified atom stereocenters. The highest BCUT2D eigenvalue weighted by molar-refractivity contribution is 5.68. The summed E-state index contributed by atoms with van der Waals surface area (Å²) in [6.07, 6.45) is 0.496. The van der Waals surface area contributed by atoms with Crippen LogP contribution in [-0.4, -0.2) is 67.9 Å². The molecule has 3 rings (SSSR count). The number of amides is 1. The molecular formula is C21H29N3O4. The second kappa shape index (κ2) is 8.38. The number of nitriles is 1. The molecule has 0 aliphatic carbocycles. The van der Waals surface area contributed by atoms with Crippen LogP contribution in [0.1, 0.15) is 43.6 Å². The van der Waals surface area contributed by atoms with Gasteiger partial charge in [0.05, 0.1) is 25.4 Å². The van der Waals surface area contributed by atoms with Crippen molar-refractivity contribution in [3.8, 4) is 11.8 Å². The van der Waals surface area contributed by atoms with E-state index in [1.165, 1.54) is 0 Å². The van der Waals surface area contributed by atoms with Crippen LogP contribution in [0, 0.1) is 11.3 Å². The summed E-state index contributed by atoms with van der Waals surface area (Å²) in [5.41, 5.74) is 2.33. The third-order valence-electron chi connectivity index (χ3n) is 5.07. The molecule has 1 atom stereocenters. The summed E-state index contributed by atoms with van der Waals surface area (Å²) in [6, 6.07) is 6.06. The average Bonchev–Trinajstić information content (AvgIpc) is 2.66. The van der Waals surface area contributed by atoms with Gasteiger partial charge < -0.3 is 19.1 Å². The van der Waals surface area contributed by atoms with Crippen LogP contribution in [0.3, 0.4) is 0 Å². The van der Waals surface area contributed by atoms with Crippen LogP contribution in [-0.2, 0) is 15.9 Å². The van der Waals surface area contributed by atoms with Crippen LogP contribution in [0.15, 0.2) is 12.1 Å². The molecule has 1 fully saturated rings. The zero-order valence-corrected chi connectivity index (χ0v) is 17.2. The van der Waals surface area contributed by atoms with Crippen molar-refractivity contribution < 1.29 is 19.0 Å². The summed E-state index contributed by atoms with van der Waals surface area (Å²) < 4.78 is 16.9. The van der Waals surface area contributed by atoms with Crippen LogP contribution < -0.4 is 4.74 Å². The highest BCUT2D eigenvalue weighted by atomic mass is 16.6. The Morgan fingerprint density at radius 2 is 2.00 bits per heavy atom. The van der Waals surface area contributed by atoms with E-state index in [0.29, 0.717) is 31.0 Å². The number of carbonyl (C=O) groups is 1. The van der Waals surface area contributed by atoms with E-state index in [4.69, 9.17) is 14.2 Å². The Hall–Kier alpha value is -2.30. The van der Waals surface area contributed by atoms with Crippen LogP contribution >= 0.6 is 0 Å². The Kier molecular flexibility index (Phi) is 6.11. The molecule has 2 aliphatic rings. The van der Waals surface area contributed by atoms with Gasteiger partial charge in [0.1, 0.15) is 17.4 Å². The van der Waals surface area contributed by atoms with Crippen molar-refractivity contribution in [2.75, 3.05) is 46.4 Å². The molecule has 1 amide bonds. The van der Waals surface area contributed by atoms with E-state index >= 15 is 0 Å². The lowest BCUT2D eigenvalue weighted by Gasteiger charge is -2.38. The van der Waals surface area contributed by atoms with Crippen LogP contribution in [0.25, 0.3) is 0 Å². The van der Waals surface area contributed by atoms with E-state index in [2.05, 4.69) is 11.0 Å². The van der Waals surface area contributed by atoms with E-state index in [1.807, 2.05) is 32.9 Å². The van der Waals surface area contributed by atoms with Gasteiger partial charge in [0.25, 0.3) is 0 Å². The van der Waals surface area contributed by atoms with Crippen molar-refractivity contribution in [3.63, 3.8) is 0 Å². The fourth-order valence-electron chi connectivity index (χ4n) is 3.64. The van der Waals surface area contributed by atoms with Crippen molar-refractivity contribution in [2.24, 2.45) is 0 Å². The molecule has 1 saturated heterocycles. The lowest BCUT2D eigenvalue weighted by molar-refractivity contribution is -0.00658. The van der Waals surface area contributed by atoms with Gasteiger partial charge in [-0.05, 0) is 50.5 Å². The fourth-order valence-corrected chi connectivity index (χ4v) is 3.64. The summed E-state index contributed by atoms with van der Waals surface area (Å²) in [5.74, 6) is 0.589. The number of carbonyl (C=O) groups excluding carboxylic acids is 1. The van der Waals surface area contributed by atoms with Gasteiger partial charge in [-0.2, -0.15) is 5.26 Å². The van der Waals surface area contributed by atoms with E-state index in [1.54, 1.807) is 12.0 Å². The van der Waals surface area contributed by atoms with E-state index in [-0.39, 0.29) is 12.2 Å². The van der Waals surface area contributed by atoms with Crippen molar-refractivity contribution >= 4 is 6.09 Å². The monoisotopic (exact) mass is 387 g/mol. The predicted octanol–water partition coefficient (Wildman–Crippen LogP) is 2.73. The molecule has 0 radical (unpaired) electrons. The topological polar surface area (TPSA) is 75.0 Å². The minimum atomic E-state index is -0.477. The van der Waals surface area contributed by atoms with Crippen LogP contribution in [0.2, 0.25) is 0 Å². The first-order valence-electron chi connectivity index (χ1n) is 9.73. The molecule has 2 heterocycles. The summed E-state index contributed by atoms with van der Waals surface area (Å²) in [4.78, 5) is 16.3. The maximum absolute atomic E-state index is 12.2. The maximum Gasteiger partial charge on any atom is 0.410 e. The highest BCUT2D eigenvalue weighted by Crippen LogP contribution is 2.33. The predicted molar refractivity (Wildman–Crippen MR) is 104 cm³/mol. The van der Waals surface area contributed by atoms with Gasteiger partial charge in [-0.3, -0.25) is 4.90 Å². The van der Waals surface area contributed by atoms with Crippen LogP contribution in [0.5, 0.6) is 5.75 Å². The third-order valence-corrected chi connectivity index (χ3v) is 5.07. The Labute approximate surface area is 166 Å². The maximum atomic E-state index is 12.2. The number of rotatable bonds is 3. The summed E-state index contributed by atoms with van der Waals surface area (Å²) in [6.45, 7) is 9.89. The first-order valence-corrected chi connectivity index (χ1v) is 9.73. The normalized spacial score (nSPS) is 20.2. The summed E-state index contributed by atoms with van der Waals surface area (Å²) in [7, 11) is 1.58. The number of piperazine rings is 1. The Morgan fingerprint density at radius 1 is 1.29 bits per heavy atom. The molecule has 0 aromatic heterocycles. The quantitative estimate of drug-likeness (QED) is 0.794. The summed E-state index contributed by atoms with van der Waals surface area (Å²) in [5, 5.41) is 9.31. The molecule has 7 nitrogen and oxygen atoms in total. The largest absolute Gasteiger partial charge is 0.495 e. The second-order valence-electron chi connectivity index (χ2n) is 8.24. The van der Waals surface area contributed by atoms with Gasteiger partial charge in [0.15, 0.2) is 0 Å². The van der Waals surface area contributed by atoms with Gasteiger partial charge >= 0.3 is 6.09 Å². The lowest BCUT2D eigenvalue weighted by Crippen LogP contribution is -2.51. The summed E-state index contributed by atoms with van der Waals surface area (Å²) >= 11 is 0. The fraction of sp³-hybridized carbons (Fsp3) is 0.619. The number of fused-ring (bicyclic) bond motifs is 1. The molecule has 7 heteroatoms. The van der Waals surface area contributed by atoms with Gasteiger partial charge in [0.2, 0.25) is 0 Å². The third kappa shape index (κ3) is 4.75. The van der Waals surface area contributed by atoms with E-state index < -0.39 is 5.60 Å². The van der Waals surface area contributed by atoms with Crippen molar-refractivity contribution in [2.45, 2.75) is 38.9 Å². The molecule has 28 heavy (non-hydrogen) atoms. The number of methoxy groups -OCH3 is 1.